The second-order valence-corrected chi connectivity index (χ2v) is 5.47. The Kier molecular flexibility index (Phi) is 4.38. The molecule has 0 spiro atoms. The van der Waals surface area contributed by atoms with Gasteiger partial charge in [0.15, 0.2) is 0 Å². The minimum absolute atomic E-state index is 0.372. The van der Waals surface area contributed by atoms with Gasteiger partial charge in [0.25, 0.3) is 0 Å². The summed E-state index contributed by atoms with van der Waals surface area (Å²) in [6, 6.07) is 13.3. The van der Waals surface area contributed by atoms with Crippen molar-refractivity contribution in [1.82, 2.24) is 0 Å². The Morgan fingerprint density at radius 3 is 2.42 bits per heavy atom. The number of carbonyl (C=O) groups is 1. The number of benzene rings is 2. The number of methoxy groups -OCH3 is 2. The first-order valence-corrected chi connectivity index (χ1v) is 7.55. The minimum Gasteiger partial charge on any atom is -0.497 e. The zero-order chi connectivity index (χ0) is 17.1. The number of hydrogen-bond donors (Lipinski definition) is 0. The van der Waals surface area contributed by atoms with Crippen LogP contribution >= 0.6 is 0 Å². The molecule has 0 N–H and O–H groups in total. The zero-order valence-corrected chi connectivity index (χ0v) is 13.8. The quantitative estimate of drug-likeness (QED) is 0.630. The van der Waals surface area contributed by atoms with Crippen LogP contribution in [0.5, 0.6) is 11.5 Å². The Hall–Kier alpha value is -3.01. The van der Waals surface area contributed by atoms with E-state index in [2.05, 4.69) is 0 Å². The predicted octanol–water partition coefficient (Wildman–Crippen LogP) is 3.99. The molecular formula is C20H18O4. The lowest BCUT2D eigenvalue weighted by atomic mass is 10.1. The van der Waals surface area contributed by atoms with Crippen molar-refractivity contribution in [2.24, 2.45) is 0 Å². The number of rotatable bonds is 4. The fourth-order valence-corrected chi connectivity index (χ4v) is 2.45. The van der Waals surface area contributed by atoms with Crippen molar-refractivity contribution in [3.05, 3.63) is 70.8 Å². The average Bonchev–Trinajstić information content (AvgIpc) is 2.96. The summed E-state index contributed by atoms with van der Waals surface area (Å²) in [6.07, 6.45) is 3.50. The van der Waals surface area contributed by atoms with E-state index in [1.54, 1.807) is 32.4 Å². The van der Waals surface area contributed by atoms with Crippen molar-refractivity contribution < 1.29 is 19.0 Å². The molecule has 0 saturated heterocycles. The molecule has 0 aromatic heterocycles. The normalized spacial score (nSPS) is 15.2. The second kappa shape index (κ2) is 6.62. The van der Waals surface area contributed by atoms with Crippen molar-refractivity contribution >= 4 is 17.8 Å². The Morgan fingerprint density at radius 1 is 1.00 bits per heavy atom. The first kappa shape index (κ1) is 15.9. The molecule has 1 aliphatic heterocycles. The average molecular weight is 322 g/mol. The molecule has 0 unspecified atom stereocenters. The van der Waals surface area contributed by atoms with Crippen LogP contribution in [0.1, 0.15) is 16.7 Å². The Bertz CT molecular complexity index is 829. The Labute approximate surface area is 141 Å². The largest absolute Gasteiger partial charge is 0.497 e. The predicted molar refractivity (Wildman–Crippen MR) is 92.8 cm³/mol. The molecule has 24 heavy (non-hydrogen) atoms. The number of esters is 1. The van der Waals surface area contributed by atoms with Gasteiger partial charge in [0, 0.05) is 17.2 Å². The van der Waals surface area contributed by atoms with Gasteiger partial charge in [-0.15, -0.1) is 0 Å². The van der Waals surface area contributed by atoms with Gasteiger partial charge in [-0.3, -0.25) is 0 Å². The number of carbonyl (C=O) groups excluding carboxylic acids is 1. The molecule has 2 aromatic carbocycles. The number of cyclic esters (lactones) is 1. The van der Waals surface area contributed by atoms with Crippen molar-refractivity contribution in [1.29, 1.82) is 0 Å². The third-order valence-electron chi connectivity index (χ3n) is 3.81. The smallest absolute Gasteiger partial charge is 0.343 e. The summed E-state index contributed by atoms with van der Waals surface area (Å²) in [7, 11) is 3.18. The Morgan fingerprint density at radius 2 is 1.75 bits per heavy atom. The summed E-state index contributed by atoms with van der Waals surface area (Å²) < 4.78 is 15.9. The van der Waals surface area contributed by atoms with Gasteiger partial charge in [-0.05, 0) is 31.2 Å². The highest BCUT2D eigenvalue weighted by molar-refractivity contribution is 6.05. The summed E-state index contributed by atoms with van der Waals surface area (Å²) in [4.78, 5) is 12.1. The number of ether oxygens (including phenoxy) is 3. The summed E-state index contributed by atoms with van der Waals surface area (Å²) in [6.45, 7) is 2.01. The zero-order valence-electron chi connectivity index (χ0n) is 13.8. The van der Waals surface area contributed by atoms with Gasteiger partial charge in [0.1, 0.15) is 17.3 Å². The maximum Gasteiger partial charge on any atom is 0.343 e. The molecule has 2 aromatic rings. The van der Waals surface area contributed by atoms with Crippen LogP contribution in [0.3, 0.4) is 0 Å². The highest BCUT2D eigenvalue weighted by Gasteiger charge is 2.22. The molecule has 0 radical (unpaired) electrons. The Balaban J connectivity index is 1.95. The lowest BCUT2D eigenvalue weighted by Gasteiger charge is -2.07. The monoisotopic (exact) mass is 322 g/mol. The number of hydrogen-bond acceptors (Lipinski definition) is 4. The molecule has 0 bridgehead atoms. The van der Waals surface area contributed by atoms with E-state index in [4.69, 9.17) is 14.2 Å². The van der Waals surface area contributed by atoms with Gasteiger partial charge in [-0.2, -0.15) is 0 Å². The fraction of sp³-hybridized carbons (Fsp3) is 0.150. The maximum absolute atomic E-state index is 12.1. The summed E-state index contributed by atoms with van der Waals surface area (Å²) in [5.74, 6) is 1.51. The third-order valence-corrected chi connectivity index (χ3v) is 3.81. The highest BCUT2D eigenvalue weighted by Crippen LogP contribution is 2.31. The van der Waals surface area contributed by atoms with Gasteiger partial charge in [-0.1, -0.05) is 29.8 Å². The van der Waals surface area contributed by atoms with Crippen LogP contribution in [-0.4, -0.2) is 20.2 Å². The van der Waals surface area contributed by atoms with Crippen LogP contribution in [0, 0.1) is 6.92 Å². The molecule has 0 atom stereocenters. The van der Waals surface area contributed by atoms with E-state index in [1.165, 1.54) is 0 Å². The molecule has 4 heteroatoms. The highest BCUT2D eigenvalue weighted by atomic mass is 16.5. The molecule has 0 fully saturated rings. The molecule has 0 amide bonds. The molecule has 0 aliphatic carbocycles. The molecule has 3 rings (SSSR count). The van der Waals surface area contributed by atoms with Crippen LogP contribution in [0.2, 0.25) is 0 Å². The summed E-state index contributed by atoms with van der Waals surface area (Å²) in [5, 5.41) is 0. The third kappa shape index (κ3) is 3.18. The topological polar surface area (TPSA) is 44.8 Å². The molecular weight excluding hydrogens is 304 g/mol. The SMILES string of the molecule is COc1ccc(/C=C2/C=C(c3ccc(C)cc3)OC2=O)c(OC)c1. The first-order valence-electron chi connectivity index (χ1n) is 7.55. The van der Waals surface area contributed by atoms with E-state index >= 15 is 0 Å². The van der Waals surface area contributed by atoms with Crippen LogP contribution in [-0.2, 0) is 9.53 Å². The first-order chi connectivity index (χ1) is 11.6. The van der Waals surface area contributed by atoms with E-state index in [9.17, 15) is 4.79 Å². The van der Waals surface area contributed by atoms with Crippen molar-refractivity contribution in [3.63, 3.8) is 0 Å². The van der Waals surface area contributed by atoms with Crippen molar-refractivity contribution in [3.8, 4) is 11.5 Å². The summed E-state index contributed by atoms with van der Waals surface area (Å²) in [5.41, 5.74) is 3.29. The van der Waals surface area contributed by atoms with E-state index in [1.807, 2.05) is 43.3 Å². The fourth-order valence-electron chi connectivity index (χ4n) is 2.45. The van der Waals surface area contributed by atoms with Gasteiger partial charge in [-0.25, -0.2) is 4.79 Å². The van der Waals surface area contributed by atoms with E-state index in [0.717, 1.165) is 16.7 Å². The van der Waals surface area contributed by atoms with E-state index in [0.29, 0.717) is 22.8 Å². The maximum atomic E-state index is 12.1. The van der Waals surface area contributed by atoms with Gasteiger partial charge in [0.05, 0.1) is 19.8 Å². The minimum atomic E-state index is -0.372. The van der Waals surface area contributed by atoms with Crippen LogP contribution < -0.4 is 9.47 Å². The van der Waals surface area contributed by atoms with Crippen molar-refractivity contribution in [2.45, 2.75) is 6.92 Å². The molecule has 4 nitrogen and oxygen atoms in total. The number of aryl methyl sites for hydroxylation is 1. The molecule has 1 heterocycles. The lowest BCUT2D eigenvalue weighted by molar-refractivity contribution is -0.130. The lowest BCUT2D eigenvalue weighted by Crippen LogP contribution is -1.98. The second-order valence-electron chi connectivity index (χ2n) is 5.47. The van der Waals surface area contributed by atoms with E-state index < -0.39 is 0 Å². The van der Waals surface area contributed by atoms with Crippen molar-refractivity contribution in [2.75, 3.05) is 14.2 Å². The van der Waals surface area contributed by atoms with Crippen LogP contribution in [0.25, 0.3) is 11.8 Å². The molecule has 1 aliphatic rings. The van der Waals surface area contributed by atoms with Gasteiger partial charge < -0.3 is 14.2 Å². The van der Waals surface area contributed by atoms with Crippen LogP contribution in [0.4, 0.5) is 0 Å². The van der Waals surface area contributed by atoms with E-state index in [-0.39, 0.29) is 5.97 Å². The van der Waals surface area contributed by atoms with Gasteiger partial charge >= 0.3 is 5.97 Å². The molecule has 0 saturated carbocycles. The summed E-state index contributed by atoms with van der Waals surface area (Å²) >= 11 is 0. The van der Waals surface area contributed by atoms with Gasteiger partial charge in [0.2, 0.25) is 0 Å². The van der Waals surface area contributed by atoms with Crippen LogP contribution in [0.15, 0.2) is 54.1 Å². The molecule has 122 valence electrons. The standard InChI is InChI=1S/C20H18O4/c1-13-4-6-14(7-5-13)19-11-16(20(21)24-19)10-15-8-9-17(22-2)12-18(15)23-3/h4-12H,1-3H3/b16-10-.